The highest BCUT2D eigenvalue weighted by atomic mass is 79.9. The van der Waals surface area contributed by atoms with Gasteiger partial charge in [0.1, 0.15) is 10.7 Å². The summed E-state index contributed by atoms with van der Waals surface area (Å²) in [5.74, 6) is -1.27. The quantitative estimate of drug-likeness (QED) is 0.545. The number of Topliss-reactive ketones (excluding diaryl/α,β-unsaturated/α-hetero) is 1. The second kappa shape index (κ2) is 5.23. The van der Waals surface area contributed by atoms with Crippen molar-refractivity contribution in [3.8, 4) is 0 Å². The summed E-state index contributed by atoms with van der Waals surface area (Å²) < 4.78 is 27.6. The lowest BCUT2D eigenvalue weighted by Crippen LogP contribution is -2.09. The number of hydrogen-bond donors (Lipinski definition) is 0. The van der Waals surface area contributed by atoms with Crippen molar-refractivity contribution in [2.24, 2.45) is 0 Å². The van der Waals surface area contributed by atoms with Gasteiger partial charge in [0.25, 0.3) is 0 Å². The van der Waals surface area contributed by atoms with E-state index in [1.807, 2.05) is 0 Å². The van der Waals surface area contributed by atoms with Crippen LogP contribution in [0.15, 0.2) is 10.7 Å². The van der Waals surface area contributed by atoms with Gasteiger partial charge in [0.15, 0.2) is 0 Å². The highest BCUT2D eigenvalue weighted by Gasteiger charge is 2.18. The molecule has 0 rings (SSSR count). The monoisotopic (exact) mass is 228 g/mol. The molecule has 0 saturated heterocycles. The van der Waals surface area contributed by atoms with Gasteiger partial charge in [-0.15, -0.1) is 0 Å². The molecule has 0 radical (unpaired) electrons. The number of carbonyl (C=O) groups excluding carboxylic acids is 1. The molecule has 0 fully saturated rings. The lowest BCUT2D eigenvalue weighted by atomic mass is 10.4. The normalized spacial score (nSPS) is 11.9. The molecule has 64 valence electrons. The summed E-state index contributed by atoms with van der Waals surface area (Å²) in [4.78, 5) is 10.4. The number of carbonyl (C=O) groups is 1. The molecular formula is C6H7BrF2O2. The Labute approximate surface area is 71.3 Å². The third-order valence-electron chi connectivity index (χ3n) is 0.787. The van der Waals surface area contributed by atoms with Crippen molar-refractivity contribution in [3.05, 3.63) is 10.7 Å². The largest absolute Gasteiger partial charge is 0.500 e. The van der Waals surface area contributed by atoms with E-state index in [0.29, 0.717) is 6.61 Å². The van der Waals surface area contributed by atoms with Crippen molar-refractivity contribution in [3.63, 3.8) is 0 Å². The molecule has 0 aromatic rings. The minimum atomic E-state index is -2.99. The summed E-state index contributed by atoms with van der Waals surface area (Å²) in [7, 11) is 0. The molecule has 0 saturated carbocycles. The topological polar surface area (TPSA) is 26.3 Å². The number of ether oxygens (including phenoxy) is 1. The summed E-state index contributed by atoms with van der Waals surface area (Å²) in [6.07, 6.45) is -2.02. The summed E-state index contributed by atoms with van der Waals surface area (Å²) in [6, 6.07) is 0. The molecule has 0 spiro atoms. The van der Waals surface area contributed by atoms with E-state index in [9.17, 15) is 13.6 Å². The highest BCUT2D eigenvalue weighted by molar-refractivity contribution is 9.12. The van der Waals surface area contributed by atoms with Crippen LogP contribution in [0.3, 0.4) is 0 Å². The third-order valence-corrected chi connectivity index (χ3v) is 1.36. The predicted molar refractivity (Wildman–Crippen MR) is 39.6 cm³/mol. The van der Waals surface area contributed by atoms with Gasteiger partial charge >= 0.3 is 6.43 Å². The van der Waals surface area contributed by atoms with Gasteiger partial charge in [0, 0.05) is 0 Å². The zero-order chi connectivity index (χ0) is 8.85. The van der Waals surface area contributed by atoms with E-state index in [1.165, 1.54) is 0 Å². The molecule has 0 aliphatic rings. The van der Waals surface area contributed by atoms with Crippen molar-refractivity contribution < 1.29 is 18.3 Å². The average molecular weight is 229 g/mol. The molecule has 0 amide bonds. The number of allylic oxidation sites excluding steroid dienone is 1. The number of rotatable bonds is 4. The molecule has 0 N–H and O–H groups in total. The predicted octanol–water partition coefficient (Wildman–Crippen LogP) is 2.09. The Bertz CT molecular complexity index is 168. The Morgan fingerprint density at radius 2 is 2.27 bits per heavy atom. The van der Waals surface area contributed by atoms with Crippen molar-refractivity contribution >= 4 is 21.7 Å². The van der Waals surface area contributed by atoms with Gasteiger partial charge in [-0.05, 0) is 22.9 Å². The molecule has 0 aromatic heterocycles. The van der Waals surface area contributed by atoms with Gasteiger partial charge in [-0.1, -0.05) is 0 Å². The van der Waals surface area contributed by atoms with Gasteiger partial charge in [0.05, 0.1) is 6.61 Å². The molecule has 0 aliphatic carbocycles. The first-order valence-electron chi connectivity index (χ1n) is 2.89. The van der Waals surface area contributed by atoms with Crippen LogP contribution in [0.1, 0.15) is 6.92 Å². The first-order chi connectivity index (χ1) is 5.09. The number of hydrogen-bond acceptors (Lipinski definition) is 2. The smallest absolute Gasteiger partial charge is 0.301 e. The van der Waals surface area contributed by atoms with E-state index in [0.717, 1.165) is 6.26 Å². The van der Waals surface area contributed by atoms with Gasteiger partial charge in [-0.3, -0.25) is 4.79 Å². The molecular weight excluding hydrogens is 222 g/mol. The zero-order valence-electron chi connectivity index (χ0n) is 5.81. The number of ketones is 1. The van der Waals surface area contributed by atoms with Crippen LogP contribution in [-0.2, 0) is 9.53 Å². The van der Waals surface area contributed by atoms with E-state index in [-0.39, 0.29) is 4.48 Å². The van der Waals surface area contributed by atoms with Crippen LogP contribution in [0, 0.1) is 0 Å². The lowest BCUT2D eigenvalue weighted by Gasteiger charge is -1.97. The Balaban J connectivity index is 4.01. The maximum absolute atomic E-state index is 11.6. The molecule has 5 heteroatoms. The molecule has 0 bridgehead atoms. The molecule has 2 nitrogen and oxygen atoms in total. The van der Waals surface area contributed by atoms with Crippen LogP contribution in [0.4, 0.5) is 8.78 Å². The second-order valence-corrected chi connectivity index (χ2v) is 2.44. The van der Waals surface area contributed by atoms with E-state index in [2.05, 4.69) is 20.7 Å². The van der Waals surface area contributed by atoms with Crippen molar-refractivity contribution in [1.82, 2.24) is 0 Å². The fourth-order valence-corrected chi connectivity index (χ4v) is 0.624. The van der Waals surface area contributed by atoms with E-state index in [1.54, 1.807) is 6.92 Å². The Hall–Kier alpha value is -0.450. The van der Waals surface area contributed by atoms with Gasteiger partial charge in [0.2, 0.25) is 5.78 Å². The lowest BCUT2D eigenvalue weighted by molar-refractivity contribution is -0.124. The number of halogens is 3. The van der Waals surface area contributed by atoms with Crippen molar-refractivity contribution in [1.29, 1.82) is 0 Å². The molecule has 0 heterocycles. The van der Waals surface area contributed by atoms with E-state index >= 15 is 0 Å². The van der Waals surface area contributed by atoms with Gasteiger partial charge in [-0.2, -0.15) is 0 Å². The fraction of sp³-hybridized carbons (Fsp3) is 0.500. The van der Waals surface area contributed by atoms with Crippen LogP contribution in [0.25, 0.3) is 0 Å². The van der Waals surface area contributed by atoms with Crippen LogP contribution in [-0.4, -0.2) is 18.8 Å². The van der Waals surface area contributed by atoms with Crippen LogP contribution < -0.4 is 0 Å². The molecule has 0 atom stereocenters. The van der Waals surface area contributed by atoms with Gasteiger partial charge < -0.3 is 4.74 Å². The third kappa shape index (κ3) is 4.08. The van der Waals surface area contributed by atoms with Crippen molar-refractivity contribution in [2.45, 2.75) is 13.3 Å². The summed E-state index contributed by atoms with van der Waals surface area (Å²) in [6.45, 7) is 2.02. The second-order valence-electron chi connectivity index (χ2n) is 1.59. The Morgan fingerprint density at radius 1 is 1.73 bits per heavy atom. The maximum atomic E-state index is 11.6. The van der Waals surface area contributed by atoms with E-state index in [4.69, 9.17) is 0 Å². The minimum absolute atomic E-state index is 0.241. The Morgan fingerprint density at radius 3 is 2.64 bits per heavy atom. The Kier molecular flexibility index (Phi) is 5.02. The van der Waals surface area contributed by atoms with Crippen LogP contribution >= 0.6 is 15.9 Å². The fourth-order valence-electron chi connectivity index (χ4n) is 0.319. The average Bonchev–Trinajstić information content (AvgIpc) is 1.98. The first kappa shape index (κ1) is 10.6. The molecule has 0 unspecified atom stereocenters. The highest BCUT2D eigenvalue weighted by Crippen LogP contribution is 2.11. The summed E-state index contributed by atoms with van der Waals surface area (Å²) in [5, 5.41) is 0. The van der Waals surface area contributed by atoms with Crippen molar-refractivity contribution in [2.75, 3.05) is 6.61 Å². The van der Waals surface area contributed by atoms with Crippen LogP contribution in [0.2, 0.25) is 0 Å². The summed E-state index contributed by atoms with van der Waals surface area (Å²) in [5.41, 5.74) is 0. The van der Waals surface area contributed by atoms with E-state index < -0.39 is 12.2 Å². The first-order valence-corrected chi connectivity index (χ1v) is 3.68. The van der Waals surface area contributed by atoms with Gasteiger partial charge in [-0.25, -0.2) is 8.78 Å². The molecule has 0 aliphatic heterocycles. The maximum Gasteiger partial charge on any atom is 0.301 e. The standard InChI is InChI=1S/C6H7BrF2O2/c1-2-11-3-4(7)5(10)6(8)9/h3,6H,2H2,1H3/b4-3-. The SMILES string of the molecule is CCO/C=C(\Br)C(=O)C(F)F. The molecule has 11 heavy (non-hydrogen) atoms. The molecule has 0 aromatic carbocycles. The number of alkyl halides is 2. The minimum Gasteiger partial charge on any atom is -0.500 e. The summed E-state index contributed by atoms with van der Waals surface area (Å²) >= 11 is 2.65. The van der Waals surface area contributed by atoms with Crippen LogP contribution in [0.5, 0.6) is 0 Å². The zero-order valence-corrected chi connectivity index (χ0v) is 7.40.